The van der Waals surface area contributed by atoms with Crippen molar-refractivity contribution in [3.05, 3.63) is 61.5 Å². The Kier molecular flexibility index (Phi) is 5.85. The number of fused-ring (bicyclic) bond motifs is 2. The van der Waals surface area contributed by atoms with Gasteiger partial charge in [-0.2, -0.15) is 5.10 Å². The topological polar surface area (TPSA) is 98.4 Å². The number of nitrogens with zero attached hydrogens (tertiary/aromatic N) is 5. The number of anilines is 2. The van der Waals surface area contributed by atoms with E-state index in [4.69, 9.17) is 0 Å². The van der Waals surface area contributed by atoms with Crippen molar-refractivity contribution in [2.45, 2.75) is 39.0 Å². The lowest BCUT2D eigenvalue weighted by Crippen LogP contribution is -2.29. The van der Waals surface area contributed by atoms with Gasteiger partial charge in [-0.3, -0.25) is 20.1 Å². The van der Waals surface area contributed by atoms with E-state index in [9.17, 15) is 0 Å². The summed E-state index contributed by atoms with van der Waals surface area (Å²) in [6.07, 6.45) is 15.1. The second-order valence-corrected chi connectivity index (χ2v) is 9.48. The summed E-state index contributed by atoms with van der Waals surface area (Å²) in [7, 11) is 0. The number of hydrogen-bond donors (Lipinski definition) is 3. The Bertz CT molecular complexity index is 1540. The molecule has 0 unspecified atom stereocenters. The number of hydrogen-bond acceptors (Lipinski definition) is 6. The third kappa shape index (κ3) is 4.19. The van der Waals surface area contributed by atoms with Crippen LogP contribution in [0.5, 0.6) is 0 Å². The quantitative estimate of drug-likeness (QED) is 0.255. The van der Waals surface area contributed by atoms with Gasteiger partial charge >= 0.3 is 0 Å². The molecule has 0 saturated carbocycles. The molecular weight excluding hydrogens is 448 g/mol. The van der Waals surface area contributed by atoms with Gasteiger partial charge in [0.25, 0.3) is 0 Å². The molecule has 0 radical (unpaired) electrons. The molecule has 6 rings (SSSR count). The SMILES string of the molecule is C=C(CCC)Nc1cncc(-c2cc3c(-c4cc5c(N6CCCCC6)cncc5[nH]4)n[nH]c3cn2)c1. The molecule has 0 atom stereocenters. The second-order valence-electron chi connectivity index (χ2n) is 9.48. The zero-order valence-electron chi connectivity index (χ0n) is 20.5. The van der Waals surface area contributed by atoms with Crippen LogP contribution < -0.4 is 10.2 Å². The average molecular weight is 479 g/mol. The van der Waals surface area contributed by atoms with Crippen molar-refractivity contribution < 1.29 is 0 Å². The Morgan fingerprint density at radius 3 is 2.69 bits per heavy atom. The average Bonchev–Trinajstić information content (AvgIpc) is 3.53. The second kappa shape index (κ2) is 9.45. The Hall–Kier alpha value is -4.20. The van der Waals surface area contributed by atoms with Crippen LogP contribution in [-0.4, -0.2) is 43.2 Å². The van der Waals surface area contributed by atoms with Gasteiger partial charge in [-0.25, -0.2) is 0 Å². The molecule has 0 bridgehead atoms. The van der Waals surface area contributed by atoms with Crippen LogP contribution in [0.4, 0.5) is 11.4 Å². The van der Waals surface area contributed by atoms with Crippen molar-refractivity contribution in [2.24, 2.45) is 0 Å². The Morgan fingerprint density at radius 1 is 0.972 bits per heavy atom. The molecule has 6 heterocycles. The molecule has 1 aliphatic rings. The van der Waals surface area contributed by atoms with Crippen LogP contribution in [0, 0.1) is 0 Å². The minimum atomic E-state index is 0.842. The Balaban J connectivity index is 1.37. The van der Waals surface area contributed by atoms with Gasteiger partial charge in [-0.05, 0) is 43.9 Å². The lowest BCUT2D eigenvalue weighted by atomic mass is 10.1. The largest absolute Gasteiger partial charge is 0.370 e. The fraction of sp³-hybridized carbons (Fsp3) is 0.286. The first-order valence-corrected chi connectivity index (χ1v) is 12.7. The highest BCUT2D eigenvalue weighted by Crippen LogP contribution is 2.34. The first-order valence-electron chi connectivity index (χ1n) is 12.7. The highest BCUT2D eigenvalue weighted by atomic mass is 15.1. The molecule has 5 aromatic rings. The molecule has 1 fully saturated rings. The monoisotopic (exact) mass is 478 g/mol. The molecule has 1 aliphatic heterocycles. The molecule has 1 saturated heterocycles. The maximum Gasteiger partial charge on any atom is 0.116 e. The van der Waals surface area contributed by atoms with Crippen LogP contribution in [0.3, 0.4) is 0 Å². The minimum absolute atomic E-state index is 0.842. The summed E-state index contributed by atoms with van der Waals surface area (Å²) < 4.78 is 0. The van der Waals surface area contributed by atoms with Gasteiger partial charge in [-0.1, -0.05) is 19.9 Å². The van der Waals surface area contributed by atoms with Crippen LogP contribution in [0.2, 0.25) is 0 Å². The summed E-state index contributed by atoms with van der Waals surface area (Å²) in [6.45, 7) is 8.40. The van der Waals surface area contributed by atoms with E-state index in [1.54, 1.807) is 0 Å². The minimum Gasteiger partial charge on any atom is -0.370 e. The summed E-state index contributed by atoms with van der Waals surface area (Å²) in [5.41, 5.74) is 8.60. The van der Waals surface area contributed by atoms with E-state index in [-0.39, 0.29) is 0 Å². The zero-order valence-corrected chi connectivity index (χ0v) is 20.5. The lowest BCUT2D eigenvalue weighted by Gasteiger charge is -2.28. The predicted molar refractivity (Wildman–Crippen MR) is 146 cm³/mol. The van der Waals surface area contributed by atoms with Crippen molar-refractivity contribution in [3.63, 3.8) is 0 Å². The molecule has 0 aromatic carbocycles. The van der Waals surface area contributed by atoms with Gasteiger partial charge in [0.05, 0.1) is 58.6 Å². The van der Waals surface area contributed by atoms with Crippen LogP contribution in [0.1, 0.15) is 39.0 Å². The maximum atomic E-state index is 4.67. The van der Waals surface area contributed by atoms with E-state index in [0.29, 0.717) is 0 Å². The number of aromatic amines is 2. The Morgan fingerprint density at radius 2 is 1.83 bits per heavy atom. The zero-order chi connectivity index (χ0) is 24.5. The smallest absolute Gasteiger partial charge is 0.116 e. The molecule has 5 aromatic heterocycles. The number of nitrogens with one attached hydrogen (secondary N) is 3. The summed E-state index contributed by atoms with van der Waals surface area (Å²) in [5.74, 6) is 0. The van der Waals surface area contributed by atoms with E-state index in [1.807, 2.05) is 31.0 Å². The van der Waals surface area contributed by atoms with E-state index < -0.39 is 0 Å². The molecule has 182 valence electrons. The van der Waals surface area contributed by atoms with Crippen molar-refractivity contribution >= 4 is 33.2 Å². The molecule has 0 spiro atoms. The van der Waals surface area contributed by atoms with Gasteiger partial charge < -0.3 is 15.2 Å². The third-order valence-electron chi connectivity index (χ3n) is 6.83. The first-order chi connectivity index (χ1) is 17.7. The fourth-order valence-electron chi connectivity index (χ4n) is 5.05. The molecule has 8 heteroatoms. The van der Waals surface area contributed by atoms with Crippen LogP contribution >= 0.6 is 0 Å². The summed E-state index contributed by atoms with van der Waals surface area (Å²) in [6, 6.07) is 6.33. The predicted octanol–water partition coefficient (Wildman–Crippen LogP) is 6.28. The van der Waals surface area contributed by atoms with Crippen molar-refractivity contribution in [1.29, 1.82) is 0 Å². The van der Waals surface area contributed by atoms with Crippen molar-refractivity contribution in [3.8, 4) is 22.6 Å². The molecule has 3 N–H and O–H groups in total. The third-order valence-corrected chi connectivity index (χ3v) is 6.83. The van der Waals surface area contributed by atoms with E-state index in [1.165, 1.54) is 30.3 Å². The van der Waals surface area contributed by atoms with Crippen LogP contribution in [-0.2, 0) is 0 Å². The standard InChI is InChI=1S/C28H30N8/c1-3-7-18(2)32-20-10-19(13-29-14-20)23-12-22-26(16-31-23)34-35-28(22)24-11-21-25(33-24)15-30-17-27(21)36-8-5-4-6-9-36/h10-17,32-33H,2-9H2,1H3,(H,34,35). The van der Waals surface area contributed by atoms with Crippen molar-refractivity contribution in [1.82, 2.24) is 30.1 Å². The van der Waals surface area contributed by atoms with Gasteiger partial charge in [0.15, 0.2) is 0 Å². The van der Waals surface area contributed by atoms with Crippen LogP contribution in [0.15, 0.2) is 61.5 Å². The Labute approximate surface area is 209 Å². The number of rotatable bonds is 7. The molecule has 8 nitrogen and oxygen atoms in total. The first kappa shape index (κ1) is 22.3. The summed E-state index contributed by atoms with van der Waals surface area (Å²) in [5, 5.41) is 13.3. The van der Waals surface area contributed by atoms with Gasteiger partial charge in [-0.15, -0.1) is 0 Å². The normalized spacial score (nSPS) is 14.0. The molecule has 0 aliphatic carbocycles. The molecule has 0 amide bonds. The maximum absolute atomic E-state index is 4.67. The highest BCUT2D eigenvalue weighted by molar-refractivity contribution is 6.00. The van der Waals surface area contributed by atoms with Gasteiger partial charge in [0.2, 0.25) is 0 Å². The lowest BCUT2D eigenvalue weighted by molar-refractivity contribution is 0.578. The molecular formula is C28H30N8. The summed E-state index contributed by atoms with van der Waals surface area (Å²) >= 11 is 0. The highest BCUT2D eigenvalue weighted by Gasteiger charge is 2.18. The van der Waals surface area contributed by atoms with Gasteiger partial charge in [0.1, 0.15) is 5.69 Å². The van der Waals surface area contributed by atoms with Crippen molar-refractivity contribution in [2.75, 3.05) is 23.3 Å². The fourth-order valence-corrected chi connectivity index (χ4v) is 5.05. The summed E-state index contributed by atoms with van der Waals surface area (Å²) in [4.78, 5) is 19.6. The van der Waals surface area contributed by atoms with E-state index in [2.05, 4.69) is 72.1 Å². The number of piperidine rings is 1. The van der Waals surface area contributed by atoms with E-state index in [0.717, 1.165) is 76.4 Å². The number of aromatic nitrogens is 6. The number of H-pyrrole nitrogens is 2. The van der Waals surface area contributed by atoms with Crippen LogP contribution in [0.25, 0.3) is 44.5 Å². The van der Waals surface area contributed by atoms with E-state index >= 15 is 0 Å². The number of pyridine rings is 3. The molecule has 36 heavy (non-hydrogen) atoms. The van der Waals surface area contributed by atoms with Gasteiger partial charge in [0, 0.05) is 41.3 Å². The number of allylic oxidation sites excluding steroid dienone is 1.